The van der Waals surface area contributed by atoms with E-state index in [1.807, 2.05) is 7.05 Å². The summed E-state index contributed by atoms with van der Waals surface area (Å²) in [6.07, 6.45) is 3.61. The Balaban J connectivity index is 0.00000338. The minimum Gasteiger partial charge on any atom is -0.381 e. The van der Waals surface area contributed by atoms with E-state index in [4.69, 9.17) is 4.74 Å². The highest BCUT2D eigenvalue weighted by Gasteiger charge is 2.18. The van der Waals surface area contributed by atoms with Gasteiger partial charge in [-0.1, -0.05) is 44.2 Å². The molecule has 0 amide bonds. The van der Waals surface area contributed by atoms with Crippen LogP contribution < -0.4 is 5.32 Å². The Bertz CT molecular complexity index is 515. The number of benzene rings is 1. The number of ether oxygens (including phenoxy) is 1. The van der Waals surface area contributed by atoms with Gasteiger partial charge in [0.05, 0.1) is 0 Å². The van der Waals surface area contributed by atoms with E-state index in [-0.39, 0.29) is 24.0 Å². The van der Waals surface area contributed by atoms with Crippen LogP contribution in [-0.4, -0.2) is 51.3 Å². The fraction of sp³-hybridized carbons (Fsp3) is 0.667. The minimum absolute atomic E-state index is 0. The number of hydrogen-bond donors (Lipinski definition) is 1. The lowest BCUT2D eigenvalue weighted by Gasteiger charge is -2.28. The number of rotatable bonds is 7. The molecule has 1 aromatic carbocycles. The van der Waals surface area contributed by atoms with Crippen LogP contribution >= 0.6 is 24.0 Å². The van der Waals surface area contributed by atoms with Crippen LogP contribution in [0.5, 0.6) is 0 Å². The molecule has 1 N–H and O–H groups in total. The van der Waals surface area contributed by atoms with Gasteiger partial charge in [0.1, 0.15) is 0 Å². The van der Waals surface area contributed by atoms with Crippen LogP contribution in [0.4, 0.5) is 0 Å². The van der Waals surface area contributed by atoms with Crippen molar-refractivity contribution >= 4 is 29.9 Å². The highest BCUT2D eigenvalue weighted by Crippen LogP contribution is 2.23. The average molecular weight is 473 g/mol. The second-order valence-corrected chi connectivity index (χ2v) is 7.46. The van der Waals surface area contributed by atoms with E-state index in [2.05, 4.69) is 66.4 Å². The lowest BCUT2D eigenvalue weighted by Crippen LogP contribution is -2.42. The Hall–Kier alpha value is -0.820. The molecule has 0 bridgehead atoms. The molecular formula is C21H36IN3O. The van der Waals surface area contributed by atoms with Gasteiger partial charge in [-0.15, -0.1) is 24.0 Å². The van der Waals surface area contributed by atoms with E-state index in [0.29, 0.717) is 11.8 Å². The van der Waals surface area contributed by atoms with Gasteiger partial charge in [-0.25, -0.2) is 0 Å². The van der Waals surface area contributed by atoms with E-state index in [0.717, 1.165) is 38.2 Å². The Kier molecular flexibility index (Phi) is 11.2. The van der Waals surface area contributed by atoms with Gasteiger partial charge in [-0.3, -0.25) is 4.99 Å². The zero-order valence-electron chi connectivity index (χ0n) is 16.8. The lowest BCUT2D eigenvalue weighted by atomic mass is 9.88. The largest absolute Gasteiger partial charge is 0.381 e. The molecule has 1 saturated heterocycles. The standard InChI is InChI=1S/C21H35N3O.HI/c1-17(2)20(19-8-6-5-7-9-19)16-23-21(22-3)24(4)13-10-18-11-14-25-15-12-18;/h5-9,17-18,20H,10-16H2,1-4H3,(H,22,23);1H. The molecule has 2 rings (SSSR count). The molecule has 1 unspecified atom stereocenters. The van der Waals surface area contributed by atoms with Crippen LogP contribution in [0.1, 0.15) is 44.6 Å². The molecule has 0 aliphatic carbocycles. The van der Waals surface area contributed by atoms with Crippen LogP contribution in [0.25, 0.3) is 0 Å². The number of nitrogens with one attached hydrogen (secondary N) is 1. The maximum atomic E-state index is 5.45. The van der Waals surface area contributed by atoms with E-state index < -0.39 is 0 Å². The van der Waals surface area contributed by atoms with Gasteiger partial charge in [0.15, 0.2) is 5.96 Å². The minimum atomic E-state index is 0. The lowest BCUT2D eigenvalue weighted by molar-refractivity contribution is 0.0625. The maximum Gasteiger partial charge on any atom is 0.193 e. The highest BCUT2D eigenvalue weighted by molar-refractivity contribution is 14.0. The summed E-state index contributed by atoms with van der Waals surface area (Å²) < 4.78 is 5.45. The third-order valence-electron chi connectivity index (χ3n) is 5.30. The highest BCUT2D eigenvalue weighted by atomic mass is 127. The van der Waals surface area contributed by atoms with E-state index >= 15 is 0 Å². The Labute approximate surface area is 176 Å². The fourth-order valence-electron chi connectivity index (χ4n) is 3.54. The first-order chi connectivity index (χ1) is 12.1. The van der Waals surface area contributed by atoms with Crippen molar-refractivity contribution in [1.82, 2.24) is 10.2 Å². The monoisotopic (exact) mass is 473 g/mol. The molecule has 5 heteroatoms. The van der Waals surface area contributed by atoms with Gasteiger partial charge in [-0.05, 0) is 36.7 Å². The molecule has 0 saturated carbocycles. The number of halogens is 1. The van der Waals surface area contributed by atoms with Gasteiger partial charge < -0.3 is 15.0 Å². The zero-order chi connectivity index (χ0) is 18.1. The van der Waals surface area contributed by atoms with Crippen molar-refractivity contribution in [3.63, 3.8) is 0 Å². The summed E-state index contributed by atoms with van der Waals surface area (Å²) in [7, 11) is 4.02. The molecule has 26 heavy (non-hydrogen) atoms. The van der Waals surface area contributed by atoms with Crippen molar-refractivity contribution in [2.75, 3.05) is 40.4 Å². The first-order valence-corrected chi connectivity index (χ1v) is 9.66. The van der Waals surface area contributed by atoms with Crippen molar-refractivity contribution in [2.45, 2.75) is 39.0 Å². The molecule has 0 spiro atoms. The molecule has 1 fully saturated rings. The number of guanidine groups is 1. The van der Waals surface area contributed by atoms with Crippen LogP contribution in [-0.2, 0) is 4.74 Å². The first kappa shape index (κ1) is 23.2. The molecule has 0 aromatic heterocycles. The second kappa shape index (κ2) is 12.5. The van der Waals surface area contributed by atoms with Crippen molar-refractivity contribution < 1.29 is 4.74 Å². The topological polar surface area (TPSA) is 36.9 Å². The first-order valence-electron chi connectivity index (χ1n) is 9.66. The number of aliphatic imine (C=N–C) groups is 1. The fourth-order valence-corrected chi connectivity index (χ4v) is 3.54. The van der Waals surface area contributed by atoms with E-state index in [1.165, 1.54) is 24.8 Å². The molecule has 1 aliphatic rings. The molecule has 0 radical (unpaired) electrons. The zero-order valence-corrected chi connectivity index (χ0v) is 19.1. The quantitative estimate of drug-likeness (QED) is 0.363. The van der Waals surface area contributed by atoms with Gasteiger partial charge in [-0.2, -0.15) is 0 Å². The van der Waals surface area contributed by atoms with Gasteiger partial charge in [0, 0.05) is 46.3 Å². The van der Waals surface area contributed by atoms with Crippen LogP contribution in [0, 0.1) is 11.8 Å². The van der Waals surface area contributed by atoms with Crippen molar-refractivity contribution in [1.29, 1.82) is 0 Å². The van der Waals surface area contributed by atoms with E-state index in [1.54, 1.807) is 0 Å². The van der Waals surface area contributed by atoms with Crippen molar-refractivity contribution in [3.8, 4) is 0 Å². The summed E-state index contributed by atoms with van der Waals surface area (Å²) in [5.41, 5.74) is 1.39. The normalized spacial score (nSPS) is 16.9. The Morgan fingerprint density at radius 3 is 2.46 bits per heavy atom. The molecule has 1 heterocycles. The summed E-state index contributed by atoms with van der Waals surface area (Å²) in [4.78, 5) is 6.75. The van der Waals surface area contributed by atoms with Crippen LogP contribution in [0.2, 0.25) is 0 Å². The SMILES string of the molecule is CN=C(NCC(c1ccccc1)C(C)C)N(C)CCC1CCOCC1.I. The van der Waals surface area contributed by atoms with E-state index in [9.17, 15) is 0 Å². The summed E-state index contributed by atoms with van der Waals surface area (Å²) in [5, 5.41) is 3.59. The summed E-state index contributed by atoms with van der Waals surface area (Å²) in [6, 6.07) is 10.8. The Morgan fingerprint density at radius 2 is 1.88 bits per heavy atom. The predicted molar refractivity (Wildman–Crippen MR) is 122 cm³/mol. The third-order valence-corrected chi connectivity index (χ3v) is 5.30. The molecule has 148 valence electrons. The van der Waals surface area contributed by atoms with Gasteiger partial charge in [0.2, 0.25) is 0 Å². The molecule has 1 aliphatic heterocycles. The summed E-state index contributed by atoms with van der Waals surface area (Å²) >= 11 is 0. The van der Waals surface area contributed by atoms with Crippen LogP contribution in [0.3, 0.4) is 0 Å². The third kappa shape index (κ3) is 7.43. The Morgan fingerprint density at radius 1 is 1.23 bits per heavy atom. The molecule has 1 aromatic rings. The summed E-state index contributed by atoms with van der Waals surface area (Å²) in [6.45, 7) is 8.38. The molecule has 4 nitrogen and oxygen atoms in total. The van der Waals surface area contributed by atoms with Crippen molar-refractivity contribution in [3.05, 3.63) is 35.9 Å². The molecule has 1 atom stereocenters. The number of nitrogens with zero attached hydrogens (tertiary/aromatic N) is 2. The van der Waals surface area contributed by atoms with Gasteiger partial charge >= 0.3 is 0 Å². The van der Waals surface area contributed by atoms with Crippen LogP contribution in [0.15, 0.2) is 35.3 Å². The van der Waals surface area contributed by atoms with Gasteiger partial charge in [0.25, 0.3) is 0 Å². The smallest absolute Gasteiger partial charge is 0.193 e. The predicted octanol–water partition coefficient (Wildman–Crippen LogP) is 4.37. The molecular weight excluding hydrogens is 437 g/mol. The summed E-state index contributed by atoms with van der Waals surface area (Å²) in [5.74, 6) is 2.86. The van der Waals surface area contributed by atoms with Crippen molar-refractivity contribution in [2.24, 2.45) is 16.8 Å². The second-order valence-electron chi connectivity index (χ2n) is 7.46. The maximum absolute atomic E-state index is 5.45. The number of hydrogen-bond acceptors (Lipinski definition) is 2. The average Bonchev–Trinajstić information content (AvgIpc) is 2.64.